The van der Waals surface area contributed by atoms with Gasteiger partial charge >= 0.3 is 0 Å². The molecular weight excluding hydrogens is 320 g/mol. The van der Waals surface area contributed by atoms with Crippen LogP contribution in [-0.2, 0) is 0 Å². The fourth-order valence-electron chi connectivity index (χ4n) is 2.19. The zero-order valence-electron chi connectivity index (χ0n) is 10.1. The van der Waals surface area contributed by atoms with E-state index in [1.807, 2.05) is 12.1 Å². The number of benzene rings is 2. The lowest BCUT2D eigenvalue weighted by Crippen LogP contribution is -2.16. The predicted octanol–water partition coefficient (Wildman–Crippen LogP) is 3.15. The third kappa shape index (κ3) is 1.82. The molecule has 4 nitrogen and oxygen atoms in total. The van der Waals surface area contributed by atoms with Crippen molar-refractivity contribution in [2.75, 3.05) is 0 Å². The SMILES string of the molecule is N#Cc1ccc2c(c1)[N+]([O-])=C(c1cccc(Br)c1)C2=O. The zero-order chi connectivity index (χ0) is 14.3. The summed E-state index contributed by atoms with van der Waals surface area (Å²) in [4.78, 5) is 12.3. The lowest BCUT2D eigenvalue weighted by atomic mass is 10.0. The van der Waals surface area contributed by atoms with Crippen LogP contribution in [0.4, 0.5) is 5.69 Å². The number of nitrogens with zero attached hydrogens (tertiary/aromatic N) is 2. The van der Waals surface area contributed by atoms with Gasteiger partial charge in [0.25, 0.3) is 11.5 Å². The number of ketones is 1. The van der Waals surface area contributed by atoms with Gasteiger partial charge in [-0.05, 0) is 30.3 Å². The fraction of sp³-hybridized carbons (Fsp3) is 0. The van der Waals surface area contributed by atoms with Gasteiger partial charge in [0.2, 0.25) is 5.69 Å². The molecule has 0 aliphatic carbocycles. The van der Waals surface area contributed by atoms with Crippen LogP contribution in [-0.4, -0.2) is 16.2 Å². The number of halogens is 1. The van der Waals surface area contributed by atoms with E-state index >= 15 is 0 Å². The molecule has 0 bridgehead atoms. The molecule has 0 atom stereocenters. The van der Waals surface area contributed by atoms with Gasteiger partial charge in [-0.25, -0.2) is 0 Å². The van der Waals surface area contributed by atoms with E-state index in [1.54, 1.807) is 18.2 Å². The van der Waals surface area contributed by atoms with Crippen molar-refractivity contribution in [3.8, 4) is 6.07 Å². The Morgan fingerprint density at radius 2 is 2.00 bits per heavy atom. The summed E-state index contributed by atoms with van der Waals surface area (Å²) in [7, 11) is 0. The molecule has 2 aromatic carbocycles. The second-order valence-corrected chi connectivity index (χ2v) is 5.24. The molecule has 1 aliphatic heterocycles. The van der Waals surface area contributed by atoms with Crippen LogP contribution >= 0.6 is 15.9 Å². The number of rotatable bonds is 1. The van der Waals surface area contributed by atoms with Crippen molar-refractivity contribution in [3.05, 3.63) is 68.8 Å². The van der Waals surface area contributed by atoms with Gasteiger partial charge in [0.05, 0.1) is 17.2 Å². The smallest absolute Gasteiger partial charge is 0.272 e. The summed E-state index contributed by atoms with van der Waals surface area (Å²) in [5.74, 6) is -0.322. The van der Waals surface area contributed by atoms with Gasteiger partial charge in [0.1, 0.15) is 5.56 Å². The highest BCUT2D eigenvalue weighted by molar-refractivity contribution is 9.10. The van der Waals surface area contributed by atoms with Crippen LogP contribution in [0.15, 0.2) is 46.9 Å². The van der Waals surface area contributed by atoms with Crippen molar-refractivity contribution in [1.82, 2.24) is 0 Å². The van der Waals surface area contributed by atoms with Crippen LogP contribution in [0.1, 0.15) is 21.5 Å². The number of nitriles is 1. The van der Waals surface area contributed by atoms with Crippen molar-refractivity contribution in [1.29, 1.82) is 5.26 Å². The number of fused-ring (bicyclic) bond motifs is 1. The molecule has 0 aromatic heterocycles. The topological polar surface area (TPSA) is 66.9 Å². The monoisotopic (exact) mass is 326 g/mol. The van der Waals surface area contributed by atoms with Gasteiger partial charge in [0, 0.05) is 10.5 Å². The molecule has 0 amide bonds. The van der Waals surface area contributed by atoms with Crippen LogP contribution in [0.3, 0.4) is 0 Å². The van der Waals surface area contributed by atoms with E-state index in [1.165, 1.54) is 18.2 Å². The maximum absolute atomic E-state index is 12.3. The van der Waals surface area contributed by atoms with E-state index in [-0.39, 0.29) is 17.2 Å². The summed E-state index contributed by atoms with van der Waals surface area (Å²) in [6.45, 7) is 0. The third-order valence-corrected chi connectivity index (χ3v) is 3.60. The Morgan fingerprint density at radius 3 is 2.70 bits per heavy atom. The molecule has 2 aromatic rings. The molecular formula is C15H7BrN2O2. The maximum atomic E-state index is 12.3. The van der Waals surface area contributed by atoms with Crippen molar-refractivity contribution in [3.63, 3.8) is 0 Å². The van der Waals surface area contributed by atoms with Gasteiger partial charge < -0.3 is 5.21 Å². The molecule has 0 N–H and O–H groups in total. The third-order valence-electron chi connectivity index (χ3n) is 3.11. The predicted molar refractivity (Wildman–Crippen MR) is 77.0 cm³/mol. The van der Waals surface area contributed by atoms with Crippen LogP contribution in [0.5, 0.6) is 0 Å². The molecule has 5 heteroatoms. The van der Waals surface area contributed by atoms with Gasteiger partial charge in [-0.2, -0.15) is 10.0 Å². The van der Waals surface area contributed by atoms with Crippen LogP contribution in [0.2, 0.25) is 0 Å². The first kappa shape index (κ1) is 12.6. The Balaban J connectivity index is 2.21. The van der Waals surface area contributed by atoms with Gasteiger partial charge in [-0.3, -0.25) is 4.79 Å². The van der Waals surface area contributed by atoms with Crippen molar-refractivity contribution < 1.29 is 9.53 Å². The summed E-state index contributed by atoms with van der Waals surface area (Å²) in [5, 5.41) is 21.2. The molecule has 0 radical (unpaired) electrons. The molecule has 0 unspecified atom stereocenters. The Kier molecular flexibility index (Phi) is 2.88. The number of hydrogen-bond donors (Lipinski definition) is 0. The standard InChI is InChI=1S/C15H7BrN2O2/c16-11-3-1-2-10(7-11)14-15(19)12-5-4-9(8-17)6-13(12)18(14)20/h1-7H. The van der Waals surface area contributed by atoms with Crippen molar-refractivity contribution in [2.24, 2.45) is 0 Å². The van der Waals surface area contributed by atoms with E-state index in [0.717, 1.165) is 4.47 Å². The highest BCUT2D eigenvalue weighted by Crippen LogP contribution is 2.29. The van der Waals surface area contributed by atoms with Crippen molar-refractivity contribution >= 4 is 33.1 Å². The quantitative estimate of drug-likeness (QED) is 0.597. The minimum Gasteiger partial charge on any atom is -0.618 e. The molecule has 0 saturated carbocycles. The van der Waals surface area contributed by atoms with Crippen LogP contribution in [0, 0.1) is 16.5 Å². The first-order chi connectivity index (χ1) is 9.61. The molecule has 0 saturated heterocycles. The van der Waals surface area contributed by atoms with E-state index < -0.39 is 0 Å². The average Bonchev–Trinajstić information content (AvgIpc) is 2.70. The number of carbonyl (C=O) groups excluding carboxylic acids is 1. The average molecular weight is 327 g/mol. The molecule has 0 fully saturated rings. The lowest BCUT2D eigenvalue weighted by Gasteiger charge is -2.02. The zero-order valence-corrected chi connectivity index (χ0v) is 11.7. The van der Waals surface area contributed by atoms with Gasteiger partial charge in [0.15, 0.2) is 0 Å². The summed E-state index contributed by atoms with van der Waals surface area (Å²) in [5.41, 5.74) is 1.54. The Labute approximate surface area is 123 Å². The Hall–Kier alpha value is -2.45. The van der Waals surface area contributed by atoms with Crippen molar-refractivity contribution in [2.45, 2.75) is 0 Å². The molecule has 1 heterocycles. The Bertz CT molecular complexity index is 819. The molecule has 1 aliphatic rings. The minimum absolute atomic E-state index is 0.0800. The summed E-state index contributed by atoms with van der Waals surface area (Å²) in [6.07, 6.45) is 0. The molecule has 3 rings (SSSR count). The molecule has 0 spiro atoms. The largest absolute Gasteiger partial charge is 0.618 e. The Morgan fingerprint density at radius 1 is 1.20 bits per heavy atom. The first-order valence-corrected chi connectivity index (χ1v) is 6.60. The number of hydrogen-bond acceptors (Lipinski definition) is 3. The fourth-order valence-corrected chi connectivity index (χ4v) is 2.58. The number of Topliss-reactive ketones (excluding diaryl/α,β-unsaturated/α-hetero) is 1. The summed E-state index contributed by atoms with van der Waals surface area (Å²) >= 11 is 3.32. The normalized spacial score (nSPS) is 13.3. The molecule has 20 heavy (non-hydrogen) atoms. The van der Waals surface area contributed by atoms with E-state index in [2.05, 4.69) is 15.9 Å². The van der Waals surface area contributed by atoms with E-state index in [0.29, 0.717) is 21.4 Å². The second-order valence-electron chi connectivity index (χ2n) is 4.33. The minimum atomic E-state index is -0.322. The van der Waals surface area contributed by atoms with Gasteiger partial charge in [-0.15, -0.1) is 0 Å². The van der Waals surface area contributed by atoms with E-state index in [9.17, 15) is 10.0 Å². The van der Waals surface area contributed by atoms with Gasteiger partial charge in [-0.1, -0.05) is 22.0 Å². The second kappa shape index (κ2) is 4.58. The summed E-state index contributed by atoms with van der Waals surface area (Å²) < 4.78 is 1.39. The van der Waals surface area contributed by atoms with Crippen LogP contribution in [0.25, 0.3) is 0 Å². The molecule has 96 valence electrons. The first-order valence-electron chi connectivity index (χ1n) is 5.81. The number of carbonyl (C=O) groups is 1. The maximum Gasteiger partial charge on any atom is 0.272 e. The highest BCUT2D eigenvalue weighted by Gasteiger charge is 2.36. The van der Waals surface area contributed by atoms with Crippen LogP contribution < -0.4 is 0 Å². The summed E-state index contributed by atoms with van der Waals surface area (Å²) in [6, 6.07) is 13.5. The highest BCUT2D eigenvalue weighted by atomic mass is 79.9. The van der Waals surface area contributed by atoms with E-state index in [4.69, 9.17) is 5.26 Å². The lowest BCUT2D eigenvalue weighted by molar-refractivity contribution is -0.355.